The van der Waals surface area contributed by atoms with E-state index in [4.69, 9.17) is 20.9 Å². The summed E-state index contributed by atoms with van der Waals surface area (Å²) in [5.41, 5.74) is 11.6. The van der Waals surface area contributed by atoms with E-state index >= 15 is 0 Å². The molecule has 0 saturated carbocycles. The normalized spacial score (nSPS) is 30.8. The zero-order valence-electron chi connectivity index (χ0n) is 27.6. The second kappa shape index (κ2) is 16.0. The van der Waals surface area contributed by atoms with Crippen molar-refractivity contribution in [3.63, 3.8) is 0 Å². The summed E-state index contributed by atoms with van der Waals surface area (Å²) in [5.74, 6) is -0.0991. The predicted molar refractivity (Wildman–Crippen MR) is 172 cm³/mol. The maximum absolute atomic E-state index is 12.3. The largest absolute Gasteiger partial charge is 0.756 e. The lowest BCUT2D eigenvalue weighted by Crippen LogP contribution is -2.34. The molecule has 0 aromatic carbocycles. The van der Waals surface area contributed by atoms with Gasteiger partial charge < -0.3 is 74.9 Å². The Balaban J connectivity index is 1.00. The van der Waals surface area contributed by atoms with E-state index in [1.165, 1.54) is 0 Å². The smallest absolute Gasteiger partial charge is 0.490 e. The number of aromatic nitrogens is 8. The van der Waals surface area contributed by atoms with E-state index in [0.29, 0.717) is 0 Å². The molecule has 11 N–H and O–H groups in total. The number of aliphatic hydroxyl groups is 4. The monoisotopic (exact) mass is 914 g/mol. The van der Waals surface area contributed by atoms with Crippen LogP contribution < -0.4 is 21.3 Å². The van der Waals surface area contributed by atoms with E-state index in [1.807, 2.05) is 0 Å². The third kappa shape index (κ3) is 9.80. The molecule has 2 saturated heterocycles. The maximum atomic E-state index is 12.3. The Morgan fingerprint density at radius 2 is 0.947 bits per heavy atom. The molecule has 37 heteroatoms. The van der Waals surface area contributed by atoms with Gasteiger partial charge in [0.05, 0.1) is 25.9 Å². The van der Waals surface area contributed by atoms with Gasteiger partial charge in [-0.1, -0.05) is 0 Å². The van der Waals surface area contributed by atoms with Gasteiger partial charge in [-0.3, -0.25) is 18.3 Å². The number of hydrogen-bond donors (Lipinski definition) is 9. The number of nitrogens with zero attached hydrogens (tertiary/aromatic N) is 8. The summed E-state index contributed by atoms with van der Waals surface area (Å²) in [6, 6.07) is 0. The summed E-state index contributed by atoms with van der Waals surface area (Å²) in [5, 5.41) is 41.7. The Bertz CT molecular complexity index is 2230. The van der Waals surface area contributed by atoms with Crippen LogP contribution in [0.15, 0.2) is 25.3 Å². The summed E-state index contributed by atoms with van der Waals surface area (Å²) < 4.78 is 97.8. The first-order valence-electron chi connectivity index (χ1n) is 15.0. The van der Waals surface area contributed by atoms with Crippen LogP contribution in [0.2, 0.25) is 0 Å². The number of rotatable bonds is 16. The molecule has 0 bridgehead atoms. The van der Waals surface area contributed by atoms with E-state index in [0.717, 1.165) is 34.4 Å². The van der Waals surface area contributed by atoms with Gasteiger partial charge in [-0.15, -0.1) is 0 Å². The predicted octanol–water partition coefficient (Wildman–Crippen LogP) is -3.59. The second-order valence-electron chi connectivity index (χ2n) is 11.5. The van der Waals surface area contributed by atoms with Crippen molar-refractivity contribution in [3.8, 4) is 0 Å². The fraction of sp³-hybridized carbons (Fsp3) is 0.500. The van der Waals surface area contributed by atoms with Crippen LogP contribution in [0.5, 0.6) is 0 Å². The van der Waals surface area contributed by atoms with E-state index in [1.54, 1.807) is 0 Å². The van der Waals surface area contributed by atoms with E-state index in [2.05, 4.69) is 56.2 Å². The summed E-state index contributed by atoms with van der Waals surface area (Å²) in [7, 11) is -31.6. The number of hydrogen-bond acceptors (Lipinski definition) is 27. The minimum absolute atomic E-state index is 0.0346. The number of nitrogens with two attached hydrogens (primary N) is 2. The van der Waals surface area contributed by atoms with Gasteiger partial charge in [-0.2, -0.15) is 8.62 Å². The fourth-order valence-corrected chi connectivity index (χ4v) is 11.5. The van der Waals surface area contributed by atoms with Crippen molar-refractivity contribution in [2.75, 3.05) is 24.7 Å². The van der Waals surface area contributed by atoms with Crippen molar-refractivity contribution in [2.45, 2.75) is 49.1 Å². The molecule has 0 spiro atoms. The zero-order valence-corrected chi connectivity index (χ0v) is 32.0. The van der Waals surface area contributed by atoms with Crippen LogP contribution in [-0.4, -0.2) is 124 Å². The molecule has 32 nitrogen and oxygen atoms in total. The van der Waals surface area contributed by atoms with Crippen LogP contribution in [-0.2, 0) is 58.6 Å². The molecule has 2 aliphatic rings. The highest BCUT2D eigenvalue weighted by atomic mass is 31.3. The lowest BCUT2D eigenvalue weighted by molar-refractivity contribution is -0.222. The molecule has 0 aliphatic carbocycles. The quantitative estimate of drug-likeness (QED) is 0.0490. The maximum Gasteiger partial charge on any atom is 0.490 e. The first-order chi connectivity index (χ1) is 26.4. The standard InChI is InChI=1S/C20H29N10O22P5/c21-15-9-17(25-3-23-15)29(5-27-9)19-13(33)11(31)7(47-19)1-45-53(35,36)49-55(39,40)51-57(43,44)52-56(41,42)50-54(37,38)46-2-8-12(32)14(34)20(48-8)30-6-28-10-16(22)24-4-26-18(10)30/h3-8,11-14,19-20,31-34H,1-2H2,(H,35,36)(H,37,38)(H,39,40)(H,41,42)(H,43,44)(H2,21,23,25)(H2,22,24,26)/p-2. The van der Waals surface area contributed by atoms with E-state index in [9.17, 15) is 67.7 Å². The van der Waals surface area contributed by atoms with Crippen LogP contribution >= 0.6 is 39.1 Å². The van der Waals surface area contributed by atoms with Crippen molar-refractivity contribution in [1.29, 1.82) is 0 Å². The Morgan fingerprint density at radius 3 is 1.32 bits per heavy atom. The van der Waals surface area contributed by atoms with Gasteiger partial charge >= 0.3 is 23.5 Å². The SMILES string of the molecule is Nc1ncnc2c1ncn2C1OC(COP(=O)([O-])OP(=O)(O)OP(=O)(O)OP(=O)(O)OP(=O)([O-])OCC2OC(n3cnc4c(N)ncnc43)C(O)C2O)C(O)C1O. The van der Waals surface area contributed by atoms with Crippen LogP contribution in [0.3, 0.4) is 0 Å². The number of phosphoric ester groups is 2. The molecule has 2 aliphatic heterocycles. The van der Waals surface area contributed by atoms with Crippen molar-refractivity contribution in [1.82, 2.24) is 39.0 Å². The highest BCUT2D eigenvalue weighted by Crippen LogP contribution is 2.73. The Labute approximate surface area is 314 Å². The minimum atomic E-state index is -6.50. The van der Waals surface area contributed by atoms with E-state index in [-0.39, 0.29) is 34.0 Å². The number of fused-ring (bicyclic) bond motifs is 2. The van der Waals surface area contributed by atoms with Gasteiger partial charge in [0.1, 0.15) is 60.3 Å². The van der Waals surface area contributed by atoms with Gasteiger partial charge in [-0.05, 0) is 0 Å². The molecule has 6 rings (SSSR count). The molecule has 0 amide bonds. The molecule has 12 atom stereocenters. The van der Waals surface area contributed by atoms with Crippen molar-refractivity contribution < 1.29 is 103 Å². The van der Waals surface area contributed by atoms with Gasteiger partial charge in [0.25, 0.3) is 15.6 Å². The van der Waals surface area contributed by atoms with Gasteiger partial charge in [0, 0.05) is 0 Å². The fourth-order valence-electron chi connectivity index (χ4n) is 5.24. The lowest BCUT2D eigenvalue weighted by Gasteiger charge is -2.28. The van der Waals surface area contributed by atoms with Gasteiger partial charge in [-0.25, -0.2) is 52.2 Å². The van der Waals surface area contributed by atoms with Crippen molar-refractivity contribution in [3.05, 3.63) is 25.3 Å². The molecule has 316 valence electrons. The Kier molecular flexibility index (Phi) is 12.3. The minimum Gasteiger partial charge on any atom is -0.756 e. The molecule has 6 heterocycles. The van der Waals surface area contributed by atoms with Crippen LogP contribution in [0, 0.1) is 0 Å². The average molecular weight is 914 g/mol. The number of anilines is 2. The molecule has 2 fully saturated rings. The third-order valence-electron chi connectivity index (χ3n) is 7.61. The first-order valence-corrected chi connectivity index (χ1v) is 22.4. The molecule has 12 unspecified atom stereocenters. The van der Waals surface area contributed by atoms with Crippen LogP contribution in [0.25, 0.3) is 22.3 Å². The summed E-state index contributed by atoms with van der Waals surface area (Å²) in [6.45, 7) is -2.48. The third-order valence-corrected chi connectivity index (χ3v) is 15.1. The van der Waals surface area contributed by atoms with Crippen molar-refractivity contribution >= 4 is 73.1 Å². The molecule has 4 aromatic heterocycles. The van der Waals surface area contributed by atoms with E-state index < -0.39 is 101 Å². The highest BCUT2D eigenvalue weighted by molar-refractivity contribution is 7.71. The summed E-state index contributed by atoms with van der Waals surface area (Å²) in [4.78, 5) is 77.1. The Hall–Kier alpha value is -2.83. The summed E-state index contributed by atoms with van der Waals surface area (Å²) in [6.07, 6.45) is -9.35. The average Bonchev–Trinajstić information content (AvgIpc) is 3.83. The molecular weight excluding hydrogens is 887 g/mol. The molecule has 4 aromatic rings. The topological polar surface area (TPSA) is 486 Å². The number of phosphoric acid groups is 5. The number of nitrogen functional groups attached to an aromatic ring is 2. The van der Waals surface area contributed by atoms with Crippen LogP contribution in [0.1, 0.15) is 12.5 Å². The Morgan fingerprint density at radius 1 is 0.596 bits per heavy atom. The lowest BCUT2D eigenvalue weighted by atomic mass is 10.1. The number of ether oxygens (including phenoxy) is 2. The van der Waals surface area contributed by atoms with Gasteiger partial charge in [0.2, 0.25) is 0 Å². The van der Waals surface area contributed by atoms with Gasteiger partial charge in [0.15, 0.2) is 35.4 Å². The zero-order chi connectivity index (χ0) is 41.9. The second-order valence-corrected chi connectivity index (χ2v) is 19.2. The molecule has 0 radical (unpaired) electrons. The summed E-state index contributed by atoms with van der Waals surface area (Å²) >= 11 is 0. The van der Waals surface area contributed by atoms with Crippen LogP contribution in [0.4, 0.5) is 11.6 Å². The molecular formula is C20H27N10O22P5-2. The van der Waals surface area contributed by atoms with Crippen molar-refractivity contribution in [2.24, 2.45) is 0 Å². The number of imidazole rings is 2. The highest BCUT2D eigenvalue weighted by Gasteiger charge is 2.49. The first kappa shape index (κ1) is 43.7. The number of aliphatic hydroxyl groups excluding tert-OH is 4. The molecule has 57 heavy (non-hydrogen) atoms.